The third kappa shape index (κ3) is 3.59. The topological polar surface area (TPSA) is 82.2 Å². The van der Waals surface area contributed by atoms with Crippen molar-refractivity contribution in [1.29, 1.82) is 0 Å². The Hall–Kier alpha value is -2.51. The van der Waals surface area contributed by atoms with Gasteiger partial charge in [0.1, 0.15) is 5.54 Å². The van der Waals surface area contributed by atoms with E-state index in [-0.39, 0.29) is 43.0 Å². The number of carboxylic acid groups (broad SMARTS) is 1. The molecular weight excluding hydrogens is 373 g/mol. The van der Waals surface area contributed by atoms with Gasteiger partial charge in [-0.1, -0.05) is 32.4 Å². The molecular formula is C20H23F3N2O3. The maximum atomic E-state index is 13.3. The number of aromatic amines is 1. The second kappa shape index (κ2) is 7.14. The third-order valence-electron chi connectivity index (χ3n) is 5.63. The number of hydrogen-bond donors (Lipinski definition) is 3. The normalized spacial score (nSPS) is 20.6. The van der Waals surface area contributed by atoms with Crippen LogP contribution < -0.4 is 5.32 Å². The second-order valence-electron chi connectivity index (χ2n) is 7.64. The van der Waals surface area contributed by atoms with Gasteiger partial charge < -0.3 is 15.4 Å². The molecule has 8 heteroatoms. The molecule has 0 radical (unpaired) electrons. The SMILES string of the molecule is CCC(C)CC(=O)NC1(C(=O)O)CCc2[nH]c3c(C(F)(F)F)cccc3c2C1. The summed E-state index contributed by atoms with van der Waals surface area (Å²) in [5.41, 5.74) is -1.20. The van der Waals surface area contributed by atoms with E-state index in [9.17, 15) is 27.9 Å². The molecule has 0 bridgehead atoms. The Morgan fingerprint density at radius 1 is 1.36 bits per heavy atom. The highest BCUT2D eigenvalue weighted by Gasteiger charge is 2.44. The van der Waals surface area contributed by atoms with Crippen molar-refractivity contribution in [3.05, 3.63) is 35.0 Å². The maximum Gasteiger partial charge on any atom is 0.418 e. The standard InChI is InChI=1S/C20H23F3N2O3/c1-3-11(2)9-16(26)25-19(18(27)28)8-7-15-13(10-19)12-5-4-6-14(17(12)24-15)20(21,22)23/h4-6,11,24H,3,7-10H2,1-2H3,(H,25,26)(H,27,28). The van der Waals surface area contributed by atoms with E-state index in [4.69, 9.17) is 0 Å². The van der Waals surface area contributed by atoms with Gasteiger partial charge in [-0.3, -0.25) is 4.79 Å². The summed E-state index contributed by atoms with van der Waals surface area (Å²) in [6.07, 6.45) is -3.19. The molecule has 3 N–H and O–H groups in total. The molecule has 3 rings (SSSR count). The van der Waals surface area contributed by atoms with Crippen LogP contribution in [-0.2, 0) is 28.6 Å². The molecule has 1 heterocycles. The quantitative estimate of drug-likeness (QED) is 0.713. The van der Waals surface area contributed by atoms with Gasteiger partial charge in [0.25, 0.3) is 0 Å². The monoisotopic (exact) mass is 396 g/mol. The van der Waals surface area contributed by atoms with Crippen LogP contribution in [0.2, 0.25) is 0 Å². The summed E-state index contributed by atoms with van der Waals surface area (Å²) in [4.78, 5) is 27.3. The Bertz CT molecular complexity index is 919. The van der Waals surface area contributed by atoms with Crippen LogP contribution in [-0.4, -0.2) is 27.5 Å². The van der Waals surface area contributed by atoms with Crippen molar-refractivity contribution in [2.45, 2.75) is 57.7 Å². The number of para-hydroxylation sites is 1. The highest BCUT2D eigenvalue weighted by atomic mass is 19.4. The molecule has 2 unspecified atom stereocenters. The lowest BCUT2D eigenvalue weighted by molar-refractivity contribution is -0.148. The van der Waals surface area contributed by atoms with Gasteiger partial charge in [-0.2, -0.15) is 13.2 Å². The van der Waals surface area contributed by atoms with Crippen LogP contribution in [0.5, 0.6) is 0 Å². The van der Waals surface area contributed by atoms with Gasteiger partial charge in [0.2, 0.25) is 5.91 Å². The minimum Gasteiger partial charge on any atom is -0.479 e. The maximum absolute atomic E-state index is 13.3. The number of aromatic nitrogens is 1. The van der Waals surface area contributed by atoms with Gasteiger partial charge in [-0.15, -0.1) is 0 Å². The van der Waals surface area contributed by atoms with Gasteiger partial charge in [0.05, 0.1) is 11.1 Å². The number of aryl methyl sites for hydroxylation is 1. The lowest BCUT2D eigenvalue weighted by Crippen LogP contribution is -2.57. The van der Waals surface area contributed by atoms with Crippen molar-refractivity contribution >= 4 is 22.8 Å². The van der Waals surface area contributed by atoms with E-state index >= 15 is 0 Å². The number of fused-ring (bicyclic) bond motifs is 3. The van der Waals surface area contributed by atoms with Gasteiger partial charge in [0, 0.05) is 23.9 Å². The molecule has 0 saturated heterocycles. The first-order valence-corrected chi connectivity index (χ1v) is 9.31. The van der Waals surface area contributed by atoms with Crippen LogP contribution in [0, 0.1) is 5.92 Å². The Labute approximate surface area is 160 Å². The molecule has 1 aliphatic carbocycles. The first-order chi connectivity index (χ1) is 13.1. The number of aliphatic carboxylic acids is 1. The fourth-order valence-corrected chi connectivity index (χ4v) is 3.83. The average Bonchev–Trinajstić information content (AvgIpc) is 2.98. The van der Waals surface area contributed by atoms with E-state index in [2.05, 4.69) is 10.3 Å². The number of rotatable bonds is 5. The summed E-state index contributed by atoms with van der Waals surface area (Å²) in [6, 6.07) is 3.87. The van der Waals surface area contributed by atoms with Crippen LogP contribution in [0.1, 0.15) is 49.9 Å². The highest BCUT2D eigenvalue weighted by molar-refractivity contribution is 5.92. The summed E-state index contributed by atoms with van der Waals surface area (Å²) < 4.78 is 40.0. The van der Waals surface area contributed by atoms with Crippen LogP contribution >= 0.6 is 0 Å². The summed E-state index contributed by atoms with van der Waals surface area (Å²) in [6.45, 7) is 3.85. The number of H-pyrrole nitrogens is 1. The molecule has 1 aliphatic rings. The summed E-state index contributed by atoms with van der Waals surface area (Å²) in [7, 11) is 0. The lowest BCUT2D eigenvalue weighted by Gasteiger charge is -2.34. The Balaban J connectivity index is 1.99. The fourth-order valence-electron chi connectivity index (χ4n) is 3.83. The van der Waals surface area contributed by atoms with Crippen molar-refractivity contribution in [2.75, 3.05) is 0 Å². The van der Waals surface area contributed by atoms with Crippen molar-refractivity contribution < 1.29 is 27.9 Å². The molecule has 28 heavy (non-hydrogen) atoms. The zero-order chi connectivity index (χ0) is 20.7. The minimum absolute atomic E-state index is 0.0351. The number of alkyl halides is 3. The molecule has 152 valence electrons. The fraction of sp³-hybridized carbons (Fsp3) is 0.500. The van der Waals surface area contributed by atoms with E-state index < -0.39 is 23.2 Å². The van der Waals surface area contributed by atoms with Gasteiger partial charge >= 0.3 is 12.1 Å². The third-order valence-corrected chi connectivity index (χ3v) is 5.63. The molecule has 0 aliphatic heterocycles. The van der Waals surface area contributed by atoms with Crippen LogP contribution in [0.3, 0.4) is 0 Å². The predicted molar refractivity (Wildman–Crippen MR) is 97.9 cm³/mol. The molecule has 1 aromatic heterocycles. The number of hydrogen-bond acceptors (Lipinski definition) is 2. The van der Waals surface area contributed by atoms with Crippen molar-refractivity contribution in [3.63, 3.8) is 0 Å². The lowest BCUT2D eigenvalue weighted by atomic mass is 9.79. The summed E-state index contributed by atoms with van der Waals surface area (Å²) >= 11 is 0. The highest BCUT2D eigenvalue weighted by Crippen LogP contribution is 2.40. The average molecular weight is 396 g/mol. The van der Waals surface area contributed by atoms with E-state index in [1.165, 1.54) is 6.07 Å². The number of amides is 1. The van der Waals surface area contributed by atoms with Crippen LogP contribution in [0.25, 0.3) is 10.9 Å². The molecule has 2 aromatic rings. The molecule has 0 saturated carbocycles. The molecule has 5 nitrogen and oxygen atoms in total. The molecule has 2 atom stereocenters. The number of carbonyl (C=O) groups is 2. The number of nitrogens with one attached hydrogen (secondary N) is 2. The van der Waals surface area contributed by atoms with E-state index in [0.29, 0.717) is 16.6 Å². The van der Waals surface area contributed by atoms with E-state index in [1.54, 1.807) is 6.07 Å². The van der Waals surface area contributed by atoms with Gasteiger partial charge in [-0.25, -0.2) is 4.79 Å². The van der Waals surface area contributed by atoms with Crippen LogP contribution in [0.4, 0.5) is 13.2 Å². The zero-order valence-corrected chi connectivity index (χ0v) is 15.7. The minimum atomic E-state index is -4.51. The van der Waals surface area contributed by atoms with Crippen LogP contribution in [0.15, 0.2) is 18.2 Å². The zero-order valence-electron chi connectivity index (χ0n) is 15.7. The molecule has 0 fully saturated rings. The predicted octanol–water partition coefficient (Wildman–Crippen LogP) is 4.05. The number of halogens is 3. The summed E-state index contributed by atoms with van der Waals surface area (Å²) in [5, 5.41) is 12.9. The Kier molecular flexibility index (Phi) is 5.16. The molecule has 1 aromatic carbocycles. The van der Waals surface area contributed by atoms with E-state index in [0.717, 1.165) is 12.5 Å². The molecule has 1 amide bonds. The van der Waals surface area contributed by atoms with Gasteiger partial charge in [0.15, 0.2) is 0 Å². The first kappa shape index (κ1) is 20.2. The van der Waals surface area contributed by atoms with E-state index in [1.807, 2.05) is 13.8 Å². The van der Waals surface area contributed by atoms with Crippen molar-refractivity contribution in [1.82, 2.24) is 10.3 Å². The van der Waals surface area contributed by atoms with Crippen molar-refractivity contribution in [3.8, 4) is 0 Å². The smallest absolute Gasteiger partial charge is 0.418 e. The second-order valence-corrected chi connectivity index (χ2v) is 7.64. The molecule has 0 spiro atoms. The Morgan fingerprint density at radius 3 is 2.68 bits per heavy atom. The first-order valence-electron chi connectivity index (χ1n) is 9.31. The van der Waals surface area contributed by atoms with Gasteiger partial charge in [-0.05, 0) is 30.4 Å². The summed E-state index contributed by atoms with van der Waals surface area (Å²) in [5.74, 6) is -1.40. The Morgan fingerprint density at radius 2 is 2.07 bits per heavy atom. The van der Waals surface area contributed by atoms with Crippen molar-refractivity contribution in [2.24, 2.45) is 5.92 Å². The number of carbonyl (C=O) groups excluding carboxylic acids is 1. The number of benzene rings is 1. The largest absolute Gasteiger partial charge is 0.479 e. The number of carboxylic acids is 1.